The van der Waals surface area contributed by atoms with E-state index in [1.807, 2.05) is 0 Å². The number of hydrogen-bond acceptors (Lipinski definition) is 4. The van der Waals surface area contributed by atoms with Crippen molar-refractivity contribution in [1.29, 1.82) is 0 Å². The molecule has 0 radical (unpaired) electrons. The monoisotopic (exact) mass is 300 g/mol. The first-order valence-electron chi connectivity index (χ1n) is 6.80. The summed E-state index contributed by atoms with van der Waals surface area (Å²) in [5.74, 6) is 0.00132. The molecule has 0 bridgehead atoms. The molecule has 2 aromatic rings. The maximum absolute atomic E-state index is 11.3. The van der Waals surface area contributed by atoms with Crippen molar-refractivity contribution in [2.75, 3.05) is 7.05 Å². The lowest BCUT2D eigenvalue weighted by atomic mass is 10.1. The predicted molar refractivity (Wildman–Crippen MR) is 83.4 cm³/mol. The van der Waals surface area contributed by atoms with Gasteiger partial charge in [-0.2, -0.15) is 0 Å². The van der Waals surface area contributed by atoms with Crippen LogP contribution in [0.2, 0.25) is 0 Å². The summed E-state index contributed by atoms with van der Waals surface area (Å²) in [6.45, 7) is 2.83. The van der Waals surface area contributed by atoms with E-state index in [9.17, 15) is 14.8 Å². The zero-order valence-corrected chi connectivity index (χ0v) is 12.7. The molecule has 5 nitrogen and oxygen atoms in total. The van der Waals surface area contributed by atoms with Gasteiger partial charge in [-0.3, -0.25) is 9.59 Å². The summed E-state index contributed by atoms with van der Waals surface area (Å²) >= 11 is 0. The van der Waals surface area contributed by atoms with Crippen LogP contribution in [0, 0.1) is 0 Å². The Labute approximate surface area is 128 Å². The number of hydroxylamine groups is 1. The summed E-state index contributed by atoms with van der Waals surface area (Å²) in [7, 11) is 1.61. The number of esters is 1. The summed E-state index contributed by atoms with van der Waals surface area (Å²) in [5, 5.41) is 10.7. The van der Waals surface area contributed by atoms with Crippen LogP contribution in [-0.4, -0.2) is 24.0 Å². The molecule has 0 fully saturated rings. The molecule has 2 aromatic carbocycles. The van der Waals surface area contributed by atoms with E-state index in [4.69, 9.17) is 4.74 Å². The highest BCUT2D eigenvalue weighted by atomic mass is 16.5. The Balaban J connectivity index is 2.28. The summed E-state index contributed by atoms with van der Waals surface area (Å²) in [4.78, 5) is 22.2. The number of quaternary nitrogens is 1. The molecule has 0 spiro atoms. The number of nitrogens with zero attached hydrogens (tertiary/aromatic N) is 1. The van der Waals surface area contributed by atoms with Crippen molar-refractivity contribution >= 4 is 23.1 Å². The summed E-state index contributed by atoms with van der Waals surface area (Å²) in [6.07, 6.45) is 0. The number of ketones is 1. The molecule has 0 saturated heterocycles. The Kier molecular flexibility index (Phi) is 4.40. The lowest BCUT2D eigenvalue weighted by Gasteiger charge is -2.24. The van der Waals surface area contributed by atoms with Gasteiger partial charge in [0.1, 0.15) is 12.8 Å². The van der Waals surface area contributed by atoms with Crippen LogP contribution in [0.5, 0.6) is 5.75 Å². The molecule has 1 atom stereocenters. The topological polar surface area (TPSA) is 63.6 Å². The van der Waals surface area contributed by atoms with Gasteiger partial charge < -0.3 is 4.74 Å². The second kappa shape index (κ2) is 6.09. The molecule has 0 heterocycles. The second-order valence-corrected chi connectivity index (χ2v) is 5.15. The SMILES string of the molecule is CC(=O)Oc1ccc([N+](C)(O)c2ccc(C(C)=O)cc2)cc1. The van der Waals surface area contributed by atoms with Gasteiger partial charge in [0, 0.05) is 36.8 Å². The third-order valence-corrected chi connectivity index (χ3v) is 3.38. The first kappa shape index (κ1) is 15.9. The molecular weight excluding hydrogens is 282 g/mol. The van der Waals surface area contributed by atoms with Crippen molar-refractivity contribution in [1.82, 2.24) is 4.65 Å². The molecule has 5 heteroatoms. The smallest absolute Gasteiger partial charge is 0.308 e. The van der Waals surface area contributed by atoms with Crippen molar-refractivity contribution in [3.63, 3.8) is 0 Å². The predicted octanol–water partition coefficient (Wildman–Crippen LogP) is 3.47. The van der Waals surface area contributed by atoms with Crippen molar-refractivity contribution in [2.24, 2.45) is 0 Å². The fraction of sp³-hybridized carbons (Fsp3) is 0.176. The lowest BCUT2D eigenvalue weighted by Crippen LogP contribution is -2.35. The average molecular weight is 300 g/mol. The van der Waals surface area contributed by atoms with Gasteiger partial charge in [-0.05, 0) is 31.2 Å². The van der Waals surface area contributed by atoms with E-state index in [1.165, 1.54) is 13.8 Å². The minimum absolute atomic E-state index is 0.0237. The van der Waals surface area contributed by atoms with Crippen LogP contribution in [0.4, 0.5) is 11.4 Å². The van der Waals surface area contributed by atoms with Crippen LogP contribution in [-0.2, 0) is 4.79 Å². The molecule has 0 aliphatic carbocycles. The van der Waals surface area contributed by atoms with E-state index >= 15 is 0 Å². The van der Waals surface area contributed by atoms with Crippen LogP contribution < -0.4 is 9.38 Å². The number of benzene rings is 2. The van der Waals surface area contributed by atoms with Crippen molar-refractivity contribution in [2.45, 2.75) is 13.8 Å². The van der Waals surface area contributed by atoms with Crippen LogP contribution >= 0.6 is 0 Å². The Morgan fingerprint density at radius 2 is 1.36 bits per heavy atom. The third-order valence-electron chi connectivity index (χ3n) is 3.38. The maximum atomic E-state index is 11.3. The number of hydrogen-bond donors (Lipinski definition) is 1. The molecule has 2 rings (SSSR count). The quantitative estimate of drug-likeness (QED) is 0.309. The fourth-order valence-corrected chi connectivity index (χ4v) is 2.11. The van der Waals surface area contributed by atoms with Crippen molar-refractivity contribution in [3.05, 3.63) is 54.1 Å². The van der Waals surface area contributed by atoms with E-state index in [0.717, 1.165) is 0 Å². The minimum Gasteiger partial charge on any atom is -0.427 e. The number of ether oxygens (including phenoxy) is 1. The van der Waals surface area contributed by atoms with E-state index in [-0.39, 0.29) is 5.78 Å². The molecule has 0 amide bonds. The van der Waals surface area contributed by atoms with Gasteiger partial charge >= 0.3 is 5.97 Å². The average Bonchev–Trinajstić information content (AvgIpc) is 2.47. The molecule has 114 valence electrons. The Morgan fingerprint density at radius 3 is 1.77 bits per heavy atom. The summed E-state index contributed by atoms with van der Waals surface area (Å²) < 4.78 is 4.49. The molecule has 0 aliphatic heterocycles. The van der Waals surface area contributed by atoms with Crippen molar-refractivity contribution in [3.8, 4) is 5.75 Å². The highest BCUT2D eigenvalue weighted by Crippen LogP contribution is 2.31. The highest BCUT2D eigenvalue weighted by molar-refractivity contribution is 5.94. The highest BCUT2D eigenvalue weighted by Gasteiger charge is 2.26. The Hall–Kier alpha value is -2.50. The first-order valence-corrected chi connectivity index (χ1v) is 6.80. The molecule has 1 N–H and O–H groups in total. The standard InChI is InChI=1S/C17H18NO4/c1-12(19)14-4-6-15(7-5-14)18(3,21)16-8-10-17(11-9-16)22-13(2)20/h4-11,21H,1-3H3/q+1. The van der Waals surface area contributed by atoms with Gasteiger partial charge in [-0.15, -0.1) is 4.65 Å². The van der Waals surface area contributed by atoms with Gasteiger partial charge in [-0.1, -0.05) is 0 Å². The molecule has 0 aliphatic rings. The van der Waals surface area contributed by atoms with Crippen LogP contribution in [0.25, 0.3) is 0 Å². The van der Waals surface area contributed by atoms with E-state index < -0.39 is 10.6 Å². The zero-order chi connectivity index (χ0) is 16.3. The van der Waals surface area contributed by atoms with Crippen LogP contribution in [0.3, 0.4) is 0 Å². The molecule has 1 unspecified atom stereocenters. The molecule has 0 saturated carbocycles. The molecule has 22 heavy (non-hydrogen) atoms. The number of carbonyl (C=O) groups excluding carboxylic acids is 2. The number of rotatable bonds is 4. The number of carbonyl (C=O) groups is 2. The van der Waals surface area contributed by atoms with Gasteiger partial charge in [0.25, 0.3) is 0 Å². The largest absolute Gasteiger partial charge is 0.427 e. The summed E-state index contributed by atoms with van der Waals surface area (Å²) in [6, 6.07) is 13.4. The van der Waals surface area contributed by atoms with E-state index in [2.05, 4.69) is 0 Å². The first-order chi connectivity index (χ1) is 10.3. The fourth-order valence-electron chi connectivity index (χ4n) is 2.11. The number of Topliss-reactive ketones (excluding diaryl/α,β-unsaturated/α-hetero) is 1. The minimum atomic E-state index is -0.474. The van der Waals surface area contributed by atoms with Gasteiger partial charge in [-0.25, -0.2) is 5.21 Å². The second-order valence-electron chi connectivity index (χ2n) is 5.15. The lowest BCUT2D eigenvalue weighted by molar-refractivity contribution is -0.131. The summed E-state index contributed by atoms with van der Waals surface area (Å²) in [5.41, 5.74) is 1.81. The maximum Gasteiger partial charge on any atom is 0.308 e. The Bertz CT molecular complexity index is 688. The van der Waals surface area contributed by atoms with Gasteiger partial charge in [0.2, 0.25) is 0 Å². The molecule has 0 aromatic heterocycles. The van der Waals surface area contributed by atoms with Gasteiger partial charge in [0.15, 0.2) is 17.2 Å². The van der Waals surface area contributed by atoms with E-state index in [0.29, 0.717) is 22.7 Å². The molecular formula is C17H18NO4+. The van der Waals surface area contributed by atoms with E-state index in [1.54, 1.807) is 55.6 Å². The van der Waals surface area contributed by atoms with Crippen LogP contribution in [0.1, 0.15) is 24.2 Å². The van der Waals surface area contributed by atoms with Crippen LogP contribution in [0.15, 0.2) is 48.5 Å². The van der Waals surface area contributed by atoms with Gasteiger partial charge in [0.05, 0.1) is 0 Å². The Morgan fingerprint density at radius 1 is 0.909 bits per heavy atom. The third kappa shape index (κ3) is 3.39. The normalized spacial score (nSPS) is 13.3. The zero-order valence-electron chi connectivity index (χ0n) is 12.7. The van der Waals surface area contributed by atoms with Crippen molar-refractivity contribution < 1.29 is 19.5 Å².